The van der Waals surface area contributed by atoms with Crippen molar-refractivity contribution < 1.29 is 0 Å². The van der Waals surface area contributed by atoms with Crippen LogP contribution >= 0.6 is 15.9 Å². The number of hydrogen-bond acceptors (Lipinski definition) is 2. The van der Waals surface area contributed by atoms with E-state index in [0.717, 1.165) is 34.9 Å². The minimum atomic E-state index is 0.748. The van der Waals surface area contributed by atoms with Gasteiger partial charge in [-0.15, -0.1) is 0 Å². The molecule has 3 heteroatoms. The van der Waals surface area contributed by atoms with Gasteiger partial charge in [-0.1, -0.05) is 42.6 Å². The largest absolute Gasteiger partial charge is 0.397 e. The average molecular weight is 299 g/mol. The predicted octanol–water partition coefficient (Wildman–Crippen LogP) is 4.29. The lowest BCUT2D eigenvalue weighted by atomic mass is 10.0. The third-order valence-electron chi connectivity index (χ3n) is 3.35. The summed E-state index contributed by atoms with van der Waals surface area (Å²) in [4.78, 5) is 2.37. The van der Waals surface area contributed by atoms with Gasteiger partial charge in [-0.05, 0) is 31.0 Å². The second kappa shape index (κ2) is 6.90. The molecule has 0 aliphatic heterocycles. The SMILES string of the molecule is CCC(CC)CN(CC)c1ccc(Br)cc1N. The van der Waals surface area contributed by atoms with E-state index in [9.17, 15) is 0 Å². The Morgan fingerprint density at radius 3 is 2.35 bits per heavy atom. The molecule has 0 aliphatic carbocycles. The fourth-order valence-electron chi connectivity index (χ4n) is 2.07. The highest BCUT2D eigenvalue weighted by Crippen LogP contribution is 2.27. The second-order valence-electron chi connectivity index (χ2n) is 4.42. The lowest BCUT2D eigenvalue weighted by Crippen LogP contribution is -2.29. The maximum atomic E-state index is 6.08. The summed E-state index contributed by atoms with van der Waals surface area (Å²) in [6.07, 6.45) is 2.45. The number of hydrogen-bond donors (Lipinski definition) is 1. The molecule has 17 heavy (non-hydrogen) atoms. The van der Waals surface area contributed by atoms with Crippen molar-refractivity contribution in [3.63, 3.8) is 0 Å². The predicted molar refractivity (Wildman–Crippen MR) is 80.5 cm³/mol. The van der Waals surface area contributed by atoms with Crippen LogP contribution in [-0.2, 0) is 0 Å². The molecule has 0 radical (unpaired) electrons. The molecule has 1 aromatic rings. The highest BCUT2D eigenvalue weighted by atomic mass is 79.9. The van der Waals surface area contributed by atoms with Gasteiger partial charge in [-0.25, -0.2) is 0 Å². The summed E-state index contributed by atoms with van der Waals surface area (Å²) < 4.78 is 1.04. The molecule has 0 fully saturated rings. The first-order valence-corrected chi connectivity index (χ1v) is 7.21. The summed E-state index contributed by atoms with van der Waals surface area (Å²) in [7, 11) is 0. The summed E-state index contributed by atoms with van der Waals surface area (Å²) in [6.45, 7) is 8.79. The summed E-state index contributed by atoms with van der Waals surface area (Å²) >= 11 is 3.45. The molecular weight excluding hydrogens is 276 g/mol. The van der Waals surface area contributed by atoms with Gasteiger partial charge in [0.15, 0.2) is 0 Å². The Kier molecular flexibility index (Phi) is 5.83. The highest BCUT2D eigenvalue weighted by Gasteiger charge is 2.12. The van der Waals surface area contributed by atoms with Crippen molar-refractivity contribution in [3.05, 3.63) is 22.7 Å². The van der Waals surface area contributed by atoms with Crippen molar-refractivity contribution in [2.24, 2.45) is 5.92 Å². The van der Waals surface area contributed by atoms with Crippen LogP contribution in [0.5, 0.6) is 0 Å². The van der Waals surface area contributed by atoms with Crippen LogP contribution in [0, 0.1) is 5.92 Å². The van der Waals surface area contributed by atoms with Crippen molar-refractivity contribution in [1.82, 2.24) is 0 Å². The van der Waals surface area contributed by atoms with E-state index in [1.807, 2.05) is 6.07 Å². The molecule has 0 bridgehead atoms. The Labute approximate surface area is 113 Å². The first-order valence-electron chi connectivity index (χ1n) is 6.42. The van der Waals surface area contributed by atoms with Gasteiger partial charge in [-0.2, -0.15) is 0 Å². The van der Waals surface area contributed by atoms with E-state index in [1.165, 1.54) is 12.8 Å². The van der Waals surface area contributed by atoms with Crippen molar-refractivity contribution in [2.45, 2.75) is 33.6 Å². The van der Waals surface area contributed by atoms with Crippen LogP contribution in [0.2, 0.25) is 0 Å². The maximum Gasteiger partial charge on any atom is 0.0600 e. The molecule has 0 spiro atoms. The molecular formula is C14H23BrN2. The number of nitrogen functional groups attached to an aromatic ring is 1. The number of benzene rings is 1. The number of rotatable bonds is 6. The molecule has 0 atom stereocenters. The normalized spacial score (nSPS) is 10.9. The number of anilines is 2. The number of halogens is 1. The lowest BCUT2D eigenvalue weighted by molar-refractivity contribution is 0.486. The Hall–Kier alpha value is -0.700. The van der Waals surface area contributed by atoms with Gasteiger partial charge >= 0.3 is 0 Å². The minimum absolute atomic E-state index is 0.748. The molecule has 2 N–H and O–H groups in total. The molecule has 0 aliphatic rings. The van der Waals surface area contributed by atoms with E-state index in [0.29, 0.717) is 0 Å². The van der Waals surface area contributed by atoms with Crippen molar-refractivity contribution >= 4 is 27.3 Å². The zero-order valence-electron chi connectivity index (χ0n) is 11.0. The second-order valence-corrected chi connectivity index (χ2v) is 5.34. The monoisotopic (exact) mass is 298 g/mol. The average Bonchev–Trinajstić information content (AvgIpc) is 2.32. The molecule has 1 rings (SSSR count). The van der Waals surface area contributed by atoms with Gasteiger partial charge in [-0.3, -0.25) is 0 Å². The van der Waals surface area contributed by atoms with Gasteiger partial charge in [0.2, 0.25) is 0 Å². The number of nitrogens with two attached hydrogens (primary N) is 1. The first-order chi connectivity index (χ1) is 8.12. The molecule has 0 heterocycles. The third-order valence-corrected chi connectivity index (χ3v) is 3.84. The van der Waals surface area contributed by atoms with Gasteiger partial charge in [0, 0.05) is 17.6 Å². The number of nitrogens with zero attached hydrogens (tertiary/aromatic N) is 1. The standard InChI is InChI=1S/C14H23BrN2/c1-4-11(5-2)10-17(6-3)14-8-7-12(15)9-13(14)16/h7-9,11H,4-6,10,16H2,1-3H3. The van der Waals surface area contributed by atoms with Gasteiger partial charge in [0.25, 0.3) is 0 Å². The molecule has 1 aromatic carbocycles. The van der Waals surface area contributed by atoms with Crippen LogP contribution in [0.15, 0.2) is 22.7 Å². The molecule has 96 valence electrons. The van der Waals surface area contributed by atoms with Crippen molar-refractivity contribution in [3.8, 4) is 0 Å². The lowest BCUT2D eigenvalue weighted by Gasteiger charge is -2.28. The first kappa shape index (κ1) is 14.4. The molecule has 2 nitrogen and oxygen atoms in total. The maximum absolute atomic E-state index is 6.08. The fourth-order valence-corrected chi connectivity index (χ4v) is 2.45. The van der Waals surface area contributed by atoms with Crippen molar-refractivity contribution in [1.29, 1.82) is 0 Å². The van der Waals surface area contributed by atoms with Gasteiger partial charge in [0.05, 0.1) is 11.4 Å². The van der Waals surface area contributed by atoms with Gasteiger partial charge < -0.3 is 10.6 Å². The molecule has 0 saturated carbocycles. The Morgan fingerprint density at radius 1 is 1.24 bits per heavy atom. The van der Waals surface area contributed by atoms with E-state index < -0.39 is 0 Å². The van der Waals surface area contributed by atoms with E-state index in [4.69, 9.17) is 5.73 Å². The van der Waals surface area contributed by atoms with Crippen LogP contribution in [0.1, 0.15) is 33.6 Å². The topological polar surface area (TPSA) is 29.3 Å². The zero-order chi connectivity index (χ0) is 12.8. The Balaban J connectivity index is 2.85. The van der Waals surface area contributed by atoms with Crippen LogP contribution in [-0.4, -0.2) is 13.1 Å². The van der Waals surface area contributed by atoms with E-state index in [1.54, 1.807) is 0 Å². The van der Waals surface area contributed by atoms with E-state index >= 15 is 0 Å². The quantitative estimate of drug-likeness (QED) is 0.794. The van der Waals surface area contributed by atoms with Crippen LogP contribution in [0.25, 0.3) is 0 Å². The summed E-state index contributed by atoms with van der Waals surface area (Å²) in [5.74, 6) is 0.748. The molecule has 0 unspecified atom stereocenters. The zero-order valence-corrected chi connectivity index (χ0v) is 12.6. The molecule has 0 saturated heterocycles. The Bertz CT molecular complexity index is 348. The van der Waals surface area contributed by atoms with Crippen molar-refractivity contribution in [2.75, 3.05) is 23.7 Å². The minimum Gasteiger partial charge on any atom is -0.397 e. The van der Waals surface area contributed by atoms with Crippen LogP contribution in [0.3, 0.4) is 0 Å². The highest BCUT2D eigenvalue weighted by molar-refractivity contribution is 9.10. The smallest absolute Gasteiger partial charge is 0.0600 e. The van der Waals surface area contributed by atoms with Crippen LogP contribution < -0.4 is 10.6 Å². The molecule has 0 amide bonds. The third kappa shape index (κ3) is 3.91. The Morgan fingerprint density at radius 2 is 1.88 bits per heavy atom. The van der Waals surface area contributed by atoms with Crippen LogP contribution in [0.4, 0.5) is 11.4 Å². The summed E-state index contributed by atoms with van der Waals surface area (Å²) in [5, 5.41) is 0. The fraction of sp³-hybridized carbons (Fsp3) is 0.571. The summed E-state index contributed by atoms with van der Waals surface area (Å²) in [6, 6.07) is 6.14. The van der Waals surface area contributed by atoms with E-state index in [-0.39, 0.29) is 0 Å². The van der Waals surface area contributed by atoms with E-state index in [2.05, 4.69) is 53.7 Å². The van der Waals surface area contributed by atoms with Gasteiger partial charge in [0.1, 0.15) is 0 Å². The molecule has 0 aromatic heterocycles. The summed E-state index contributed by atoms with van der Waals surface area (Å²) in [5.41, 5.74) is 8.09.